The molecule has 0 bridgehead atoms. The van der Waals surface area contributed by atoms with E-state index in [1.165, 1.54) is 31.2 Å². The molecule has 3 atom stereocenters. The van der Waals surface area contributed by atoms with Crippen LogP contribution in [0.3, 0.4) is 0 Å². The van der Waals surface area contributed by atoms with E-state index < -0.39 is 0 Å². The van der Waals surface area contributed by atoms with Crippen molar-refractivity contribution in [3.8, 4) is 0 Å². The molecule has 2 aliphatic carbocycles. The second kappa shape index (κ2) is 7.50. The molecule has 0 saturated heterocycles. The predicted octanol–water partition coefficient (Wildman–Crippen LogP) is 4.79. The molecule has 3 heteroatoms. The van der Waals surface area contributed by atoms with Crippen molar-refractivity contribution in [2.45, 2.75) is 50.6 Å². The molecule has 2 fully saturated rings. The Bertz CT molecular complexity index is 726. The molecule has 26 heavy (non-hydrogen) atoms. The van der Waals surface area contributed by atoms with Gasteiger partial charge in [0.05, 0.1) is 0 Å². The Morgan fingerprint density at radius 1 is 1.04 bits per heavy atom. The van der Waals surface area contributed by atoms with E-state index in [0.29, 0.717) is 17.4 Å². The lowest BCUT2D eigenvalue weighted by molar-refractivity contribution is 0.122. The Morgan fingerprint density at radius 2 is 1.77 bits per heavy atom. The fraction of sp³-hybridized carbons (Fsp3) is 0.478. The minimum absolute atomic E-state index is 0.0478. The molecule has 0 heterocycles. The SMILES string of the molecule is CC(NCC1(CN[C@H]2C[C@@H]2c2ccccc2)CCC1)c1ccccc1F. The van der Waals surface area contributed by atoms with Crippen LogP contribution in [0.4, 0.5) is 4.39 Å². The van der Waals surface area contributed by atoms with Crippen molar-refractivity contribution in [3.05, 3.63) is 71.5 Å². The molecular weight excluding hydrogens is 323 g/mol. The van der Waals surface area contributed by atoms with Gasteiger partial charge in [-0.15, -0.1) is 0 Å². The monoisotopic (exact) mass is 352 g/mol. The van der Waals surface area contributed by atoms with E-state index in [1.54, 1.807) is 12.1 Å². The Balaban J connectivity index is 1.28. The number of benzene rings is 2. The molecule has 2 N–H and O–H groups in total. The van der Waals surface area contributed by atoms with Crippen LogP contribution in [-0.4, -0.2) is 19.1 Å². The van der Waals surface area contributed by atoms with E-state index in [0.717, 1.165) is 18.7 Å². The summed E-state index contributed by atoms with van der Waals surface area (Å²) in [7, 11) is 0. The first-order chi connectivity index (χ1) is 12.7. The van der Waals surface area contributed by atoms with Crippen molar-refractivity contribution < 1.29 is 4.39 Å². The normalized spacial score (nSPS) is 24.7. The number of nitrogens with one attached hydrogen (secondary N) is 2. The van der Waals surface area contributed by atoms with Crippen molar-refractivity contribution >= 4 is 0 Å². The van der Waals surface area contributed by atoms with Gasteiger partial charge in [0.15, 0.2) is 0 Å². The van der Waals surface area contributed by atoms with E-state index in [2.05, 4.69) is 47.9 Å². The van der Waals surface area contributed by atoms with Crippen molar-refractivity contribution in [1.29, 1.82) is 0 Å². The van der Waals surface area contributed by atoms with E-state index in [4.69, 9.17) is 0 Å². The Hall–Kier alpha value is -1.71. The molecule has 2 aliphatic rings. The van der Waals surface area contributed by atoms with Crippen LogP contribution in [0.2, 0.25) is 0 Å². The second-order valence-electron chi connectivity index (χ2n) is 8.22. The summed E-state index contributed by atoms with van der Waals surface area (Å²) in [6.07, 6.45) is 5.09. The summed E-state index contributed by atoms with van der Waals surface area (Å²) in [5, 5.41) is 7.40. The van der Waals surface area contributed by atoms with Crippen molar-refractivity contribution in [2.75, 3.05) is 13.1 Å². The van der Waals surface area contributed by atoms with Gasteiger partial charge in [-0.3, -0.25) is 0 Å². The average Bonchev–Trinajstić information content (AvgIpc) is 3.41. The van der Waals surface area contributed by atoms with E-state index >= 15 is 0 Å². The van der Waals surface area contributed by atoms with E-state index in [9.17, 15) is 4.39 Å². The first kappa shape index (κ1) is 17.7. The van der Waals surface area contributed by atoms with Gasteiger partial charge in [0, 0.05) is 36.7 Å². The minimum Gasteiger partial charge on any atom is -0.313 e. The van der Waals surface area contributed by atoms with Gasteiger partial charge >= 0.3 is 0 Å². The van der Waals surface area contributed by atoms with Crippen molar-refractivity contribution in [2.24, 2.45) is 5.41 Å². The molecular formula is C23H29FN2. The Labute approximate surface area is 156 Å². The Morgan fingerprint density at radius 3 is 2.46 bits per heavy atom. The number of halogens is 1. The minimum atomic E-state index is -0.114. The highest BCUT2D eigenvalue weighted by molar-refractivity contribution is 5.27. The van der Waals surface area contributed by atoms with Gasteiger partial charge in [-0.25, -0.2) is 4.39 Å². The fourth-order valence-electron chi connectivity index (χ4n) is 4.24. The maximum atomic E-state index is 14.0. The topological polar surface area (TPSA) is 24.1 Å². The van der Waals surface area contributed by atoms with Gasteiger partial charge in [0.25, 0.3) is 0 Å². The van der Waals surface area contributed by atoms with Crippen LogP contribution in [-0.2, 0) is 0 Å². The number of hydrogen-bond donors (Lipinski definition) is 2. The molecule has 1 unspecified atom stereocenters. The zero-order valence-corrected chi connectivity index (χ0v) is 15.5. The van der Waals surface area contributed by atoms with Gasteiger partial charge in [-0.05, 0) is 43.2 Å². The van der Waals surface area contributed by atoms with Gasteiger partial charge in [-0.1, -0.05) is 55.0 Å². The maximum absolute atomic E-state index is 14.0. The quantitative estimate of drug-likeness (QED) is 0.713. The predicted molar refractivity (Wildman–Crippen MR) is 105 cm³/mol. The maximum Gasteiger partial charge on any atom is 0.127 e. The first-order valence-corrected chi connectivity index (χ1v) is 9.93. The van der Waals surface area contributed by atoms with Crippen molar-refractivity contribution in [3.63, 3.8) is 0 Å². The summed E-state index contributed by atoms with van der Waals surface area (Å²) in [4.78, 5) is 0. The lowest BCUT2D eigenvalue weighted by atomic mass is 9.68. The number of hydrogen-bond acceptors (Lipinski definition) is 2. The smallest absolute Gasteiger partial charge is 0.127 e. The number of rotatable bonds is 8. The van der Waals surface area contributed by atoms with Crippen LogP contribution in [0.25, 0.3) is 0 Å². The van der Waals surface area contributed by atoms with Gasteiger partial charge in [-0.2, -0.15) is 0 Å². The van der Waals surface area contributed by atoms with Gasteiger partial charge in [0.1, 0.15) is 5.82 Å². The summed E-state index contributed by atoms with van der Waals surface area (Å²) in [6, 6.07) is 18.6. The van der Waals surface area contributed by atoms with Crippen LogP contribution < -0.4 is 10.6 Å². The third kappa shape index (κ3) is 3.84. The largest absolute Gasteiger partial charge is 0.313 e. The lowest BCUT2D eigenvalue weighted by Gasteiger charge is -2.43. The van der Waals surface area contributed by atoms with E-state index in [-0.39, 0.29) is 11.9 Å². The first-order valence-electron chi connectivity index (χ1n) is 9.93. The third-order valence-corrected chi connectivity index (χ3v) is 6.33. The summed E-state index contributed by atoms with van der Waals surface area (Å²) in [5.74, 6) is 0.565. The third-order valence-electron chi connectivity index (χ3n) is 6.33. The zero-order chi connectivity index (χ0) is 18.0. The highest BCUT2D eigenvalue weighted by Crippen LogP contribution is 2.44. The van der Waals surface area contributed by atoms with Gasteiger partial charge in [0.2, 0.25) is 0 Å². The van der Waals surface area contributed by atoms with E-state index in [1.807, 2.05) is 12.1 Å². The molecule has 0 radical (unpaired) electrons. The van der Waals surface area contributed by atoms with Crippen LogP contribution in [0.1, 0.15) is 55.7 Å². The standard InChI is InChI=1S/C23H29FN2/c1-17(19-10-5-6-11-21(19)24)25-15-23(12-7-13-23)16-26-22-14-20(22)18-8-3-2-4-9-18/h2-6,8-11,17,20,22,25-26H,7,12-16H2,1H3/t17?,20-,22+/m1/s1. The fourth-order valence-corrected chi connectivity index (χ4v) is 4.24. The molecule has 0 aliphatic heterocycles. The Kier molecular flexibility index (Phi) is 5.10. The molecule has 2 saturated carbocycles. The summed E-state index contributed by atoms with van der Waals surface area (Å²) in [5.41, 5.74) is 2.56. The van der Waals surface area contributed by atoms with Crippen LogP contribution in [0, 0.1) is 11.2 Å². The molecule has 0 aromatic heterocycles. The summed E-state index contributed by atoms with van der Waals surface area (Å²) >= 11 is 0. The van der Waals surface area contributed by atoms with Crippen molar-refractivity contribution in [1.82, 2.24) is 10.6 Å². The molecule has 138 valence electrons. The van der Waals surface area contributed by atoms with Crippen LogP contribution in [0.5, 0.6) is 0 Å². The van der Waals surface area contributed by atoms with Crippen LogP contribution >= 0.6 is 0 Å². The molecule has 0 amide bonds. The van der Waals surface area contributed by atoms with Crippen LogP contribution in [0.15, 0.2) is 54.6 Å². The average molecular weight is 352 g/mol. The molecule has 0 spiro atoms. The molecule has 2 aromatic carbocycles. The molecule has 2 aromatic rings. The highest BCUT2D eigenvalue weighted by atomic mass is 19.1. The molecule has 2 nitrogen and oxygen atoms in total. The zero-order valence-electron chi connectivity index (χ0n) is 15.5. The lowest BCUT2D eigenvalue weighted by Crippen LogP contribution is -2.48. The molecule has 4 rings (SSSR count). The second-order valence-corrected chi connectivity index (χ2v) is 8.22. The summed E-state index contributed by atoms with van der Waals surface area (Å²) in [6.45, 7) is 4.08. The highest BCUT2D eigenvalue weighted by Gasteiger charge is 2.42. The van der Waals surface area contributed by atoms with Gasteiger partial charge < -0.3 is 10.6 Å². The summed E-state index contributed by atoms with van der Waals surface area (Å²) < 4.78 is 14.0.